The predicted molar refractivity (Wildman–Crippen MR) is 87.6 cm³/mol. The van der Waals surface area contributed by atoms with E-state index in [1.165, 1.54) is 0 Å². The summed E-state index contributed by atoms with van der Waals surface area (Å²) in [5.74, 6) is 0.622. The van der Waals surface area contributed by atoms with Crippen molar-refractivity contribution in [3.63, 3.8) is 0 Å². The van der Waals surface area contributed by atoms with E-state index in [-0.39, 0.29) is 18.1 Å². The van der Waals surface area contributed by atoms with Crippen LogP contribution in [0.2, 0.25) is 0 Å². The molecule has 2 aromatic rings. The van der Waals surface area contributed by atoms with Crippen LogP contribution in [0.5, 0.6) is 11.8 Å². The van der Waals surface area contributed by atoms with Crippen molar-refractivity contribution in [2.75, 3.05) is 5.32 Å². The maximum Gasteiger partial charge on any atom is 0.322 e. The molecular weight excluding hydrogens is 292 g/mol. The molecule has 1 aromatic carbocycles. The highest BCUT2D eigenvalue weighted by atomic mass is 16.5. The summed E-state index contributed by atoms with van der Waals surface area (Å²) in [5.41, 5.74) is 0.739. The van der Waals surface area contributed by atoms with Gasteiger partial charge in [0.2, 0.25) is 0 Å². The Morgan fingerprint density at radius 2 is 1.74 bits per heavy atom. The quantitative estimate of drug-likeness (QED) is 0.939. The fraction of sp³-hybridized carbons (Fsp3) is 0.353. The SMILES string of the molecule is C[C@H]1CC[C@H](C)N1C(=O)Nc1ccc(Oc2ncccn2)cc1. The molecule has 6 nitrogen and oxygen atoms in total. The van der Waals surface area contributed by atoms with Crippen LogP contribution < -0.4 is 10.1 Å². The Labute approximate surface area is 135 Å². The van der Waals surface area contributed by atoms with Crippen LogP contribution in [0, 0.1) is 0 Å². The Balaban J connectivity index is 1.62. The van der Waals surface area contributed by atoms with Gasteiger partial charge in [-0.15, -0.1) is 0 Å². The van der Waals surface area contributed by atoms with Gasteiger partial charge in [-0.2, -0.15) is 0 Å². The van der Waals surface area contributed by atoms with E-state index in [0.29, 0.717) is 11.8 Å². The Morgan fingerprint density at radius 1 is 1.13 bits per heavy atom. The van der Waals surface area contributed by atoms with Gasteiger partial charge in [-0.25, -0.2) is 14.8 Å². The van der Waals surface area contributed by atoms with Gasteiger partial charge in [-0.1, -0.05) is 0 Å². The van der Waals surface area contributed by atoms with Gasteiger partial charge in [0.05, 0.1) is 0 Å². The van der Waals surface area contributed by atoms with Crippen LogP contribution in [-0.4, -0.2) is 33.0 Å². The maximum atomic E-state index is 12.4. The van der Waals surface area contributed by atoms with Crippen LogP contribution in [0.3, 0.4) is 0 Å². The Morgan fingerprint density at radius 3 is 2.35 bits per heavy atom. The summed E-state index contributed by atoms with van der Waals surface area (Å²) in [6, 6.07) is 9.71. The lowest BCUT2D eigenvalue weighted by molar-refractivity contribution is 0.194. The summed E-state index contributed by atoms with van der Waals surface area (Å²) < 4.78 is 5.53. The third-order valence-corrected chi connectivity index (χ3v) is 4.04. The van der Waals surface area contributed by atoms with E-state index < -0.39 is 0 Å². The zero-order valence-electron chi connectivity index (χ0n) is 13.3. The number of carbonyl (C=O) groups is 1. The van der Waals surface area contributed by atoms with Gasteiger partial charge in [-0.05, 0) is 57.0 Å². The van der Waals surface area contributed by atoms with Crippen molar-refractivity contribution in [2.45, 2.75) is 38.8 Å². The topological polar surface area (TPSA) is 67.4 Å². The number of rotatable bonds is 3. The molecule has 0 aliphatic carbocycles. The molecule has 1 saturated heterocycles. The standard InChI is InChI=1S/C17H20N4O2/c1-12-4-5-13(2)21(12)17(22)20-14-6-8-15(9-7-14)23-16-18-10-3-11-19-16/h3,6-13H,4-5H2,1-2H3,(H,20,22)/t12-,13-/m0/s1. The van der Waals surface area contributed by atoms with E-state index in [0.717, 1.165) is 18.5 Å². The minimum atomic E-state index is -0.0532. The summed E-state index contributed by atoms with van der Waals surface area (Å²) in [6.45, 7) is 4.17. The first kappa shape index (κ1) is 15.3. The molecule has 1 N–H and O–H groups in total. The van der Waals surface area contributed by atoms with E-state index in [9.17, 15) is 4.79 Å². The molecule has 2 heterocycles. The molecule has 1 fully saturated rings. The minimum Gasteiger partial charge on any atom is -0.424 e. The van der Waals surface area contributed by atoms with E-state index in [2.05, 4.69) is 29.1 Å². The number of ether oxygens (including phenoxy) is 1. The lowest BCUT2D eigenvalue weighted by Gasteiger charge is -2.26. The number of hydrogen-bond acceptors (Lipinski definition) is 4. The largest absolute Gasteiger partial charge is 0.424 e. The van der Waals surface area contributed by atoms with Crippen LogP contribution in [-0.2, 0) is 0 Å². The second-order valence-electron chi connectivity index (χ2n) is 5.77. The normalized spacial score (nSPS) is 20.3. The van der Waals surface area contributed by atoms with E-state index in [1.807, 2.05) is 17.0 Å². The molecule has 6 heteroatoms. The molecule has 3 rings (SSSR count). The highest BCUT2D eigenvalue weighted by Crippen LogP contribution is 2.25. The zero-order chi connectivity index (χ0) is 16.2. The molecule has 0 saturated carbocycles. The van der Waals surface area contributed by atoms with Gasteiger partial charge >= 0.3 is 12.0 Å². The first-order chi connectivity index (χ1) is 11.1. The fourth-order valence-corrected chi connectivity index (χ4v) is 2.83. The summed E-state index contributed by atoms with van der Waals surface area (Å²) in [4.78, 5) is 22.3. The molecule has 23 heavy (non-hydrogen) atoms. The lowest BCUT2D eigenvalue weighted by atomic mass is 10.2. The molecule has 1 aliphatic heterocycles. The van der Waals surface area contributed by atoms with Crippen LogP contribution in [0.4, 0.5) is 10.5 Å². The number of carbonyl (C=O) groups excluding carboxylic acids is 1. The number of likely N-dealkylation sites (tertiary alicyclic amines) is 1. The first-order valence-corrected chi connectivity index (χ1v) is 7.78. The van der Waals surface area contributed by atoms with Crippen molar-refractivity contribution < 1.29 is 9.53 Å². The number of hydrogen-bond donors (Lipinski definition) is 1. The van der Waals surface area contributed by atoms with Crippen LogP contribution >= 0.6 is 0 Å². The highest BCUT2D eigenvalue weighted by molar-refractivity contribution is 5.90. The molecule has 0 unspecified atom stereocenters. The summed E-state index contributed by atoms with van der Waals surface area (Å²) in [7, 11) is 0. The highest BCUT2D eigenvalue weighted by Gasteiger charge is 2.31. The van der Waals surface area contributed by atoms with Gasteiger partial charge in [0, 0.05) is 30.2 Å². The monoisotopic (exact) mass is 312 g/mol. The van der Waals surface area contributed by atoms with Crippen LogP contribution in [0.1, 0.15) is 26.7 Å². The van der Waals surface area contributed by atoms with Crippen LogP contribution in [0.15, 0.2) is 42.7 Å². The van der Waals surface area contributed by atoms with Crippen LogP contribution in [0.25, 0.3) is 0 Å². The number of nitrogens with one attached hydrogen (secondary N) is 1. The minimum absolute atomic E-state index is 0.0532. The number of amides is 2. The predicted octanol–water partition coefficient (Wildman–Crippen LogP) is 3.67. The maximum absolute atomic E-state index is 12.4. The molecular formula is C17H20N4O2. The second kappa shape index (κ2) is 6.64. The van der Waals surface area contributed by atoms with E-state index in [1.54, 1.807) is 30.6 Å². The second-order valence-corrected chi connectivity index (χ2v) is 5.77. The summed E-state index contributed by atoms with van der Waals surface area (Å²) >= 11 is 0. The molecule has 0 radical (unpaired) electrons. The number of nitrogens with zero attached hydrogens (tertiary/aromatic N) is 3. The Bertz CT molecular complexity index is 650. The zero-order valence-corrected chi connectivity index (χ0v) is 13.3. The van der Waals surface area contributed by atoms with Crippen molar-refractivity contribution in [3.8, 4) is 11.8 Å². The number of anilines is 1. The Hall–Kier alpha value is -2.63. The first-order valence-electron chi connectivity index (χ1n) is 7.78. The average molecular weight is 312 g/mol. The number of aromatic nitrogens is 2. The fourth-order valence-electron chi connectivity index (χ4n) is 2.83. The lowest BCUT2D eigenvalue weighted by Crippen LogP contribution is -2.41. The van der Waals surface area contributed by atoms with Gasteiger partial charge in [0.25, 0.3) is 0 Å². The third-order valence-electron chi connectivity index (χ3n) is 4.04. The summed E-state index contributed by atoms with van der Waals surface area (Å²) in [5, 5.41) is 2.94. The smallest absolute Gasteiger partial charge is 0.322 e. The van der Waals surface area contributed by atoms with Crippen molar-refractivity contribution in [1.29, 1.82) is 0 Å². The molecule has 1 aromatic heterocycles. The van der Waals surface area contributed by atoms with Gasteiger partial charge in [-0.3, -0.25) is 0 Å². The molecule has 0 bridgehead atoms. The van der Waals surface area contributed by atoms with Crippen molar-refractivity contribution in [2.24, 2.45) is 0 Å². The molecule has 1 aliphatic rings. The van der Waals surface area contributed by atoms with Gasteiger partial charge < -0.3 is 15.0 Å². The number of benzene rings is 1. The summed E-state index contributed by atoms with van der Waals surface area (Å²) in [6.07, 6.45) is 5.35. The molecule has 120 valence electrons. The van der Waals surface area contributed by atoms with Crippen molar-refractivity contribution in [1.82, 2.24) is 14.9 Å². The Kier molecular flexibility index (Phi) is 4.41. The molecule has 0 spiro atoms. The van der Waals surface area contributed by atoms with E-state index in [4.69, 9.17) is 4.74 Å². The molecule has 2 atom stereocenters. The average Bonchev–Trinajstić information content (AvgIpc) is 2.89. The van der Waals surface area contributed by atoms with Gasteiger partial charge in [0.1, 0.15) is 5.75 Å². The van der Waals surface area contributed by atoms with Crippen molar-refractivity contribution >= 4 is 11.7 Å². The third kappa shape index (κ3) is 3.59. The van der Waals surface area contributed by atoms with Gasteiger partial charge in [0.15, 0.2) is 0 Å². The number of urea groups is 1. The van der Waals surface area contributed by atoms with Crippen molar-refractivity contribution in [3.05, 3.63) is 42.7 Å². The van der Waals surface area contributed by atoms with E-state index >= 15 is 0 Å². The molecule has 2 amide bonds.